The van der Waals surface area contributed by atoms with Crippen LogP contribution < -0.4 is 15.5 Å². The van der Waals surface area contributed by atoms with Gasteiger partial charge in [0.15, 0.2) is 0 Å². The molecule has 0 aliphatic heterocycles. The summed E-state index contributed by atoms with van der Waals surface area (Å²) in [5.74, 6) is 0.187. The van der Waals surface area contributed by atoms with E-state index < -0.39 is 13.2 Å². The molecule has 0 heterocycles. The predicted molar refractivity (Wildman–Crippen MR) is 142 cm³/mol. The zero-order chi connectivity index (χ0) is 24.0. The van der Waals surface area contributed by atoms with Gasteiger partial charge in [-0.3, -0.25) is 4.57 Å². The summed E-state index contributed by atoms with van der Waals surface area (Å²) in [6.45, 7) is 8.94. The SMILES string of the molecule is CC(C)CO[P@](=O)(c1ccc(N(C)C)cc1)[C@H](Nc1ccccc1)c1ccc(C(C)C)cc1. The summed E-state index contributed by atoms with van der Waals surface area (Å²) >= 11 is 0. The van der Waals surface area contributed by atoms with Crippen molar-refractivity contribution < 1.29 is 9.09 Å². The molecule has 3 aromatic rings. The Kier molecular flexibility index (Phi) is 8.40. The molecule has 0 aliphatic rings. The van der Waals surface area contributed by atoms with E-state index in [1.165, 1.54) is 5.56 Å². The van der Waals surface area contributed by atoms with Gasteiger partial charge in [-0.25, -0.2) is 0 Å². The van der Waals surface area contributed by atoms with Gasteiger partial charge in [0.05, 0.1) is 6.61 Å². The molecule has 3 aromatic carbocycles. The summed E-state index contributed by atoms with van der Waals surface area (Å²) in [5.41, 5.74) is 4.18. The fraction of sp³-hybridized carbons (Fsp3) is 0.357. The average molecular weight is 465 g/mol. The van der Waals surface area contributed by atoms with Crippen molar-refractivity contribution in [2.45, 2.75) is 39.4 Å². The van der Waals surface area contributed by atoms with Crippen molar-refractivity contribution in [1.29, 1.82) is 0 Å². The Morgan fingerprint density at radius 1 is 0.818 bits per heavy atom. The molecule has 176 valence electrons. The maximum Gasteiger partial charge on any atom is 0.258 e. The van der Waals surface area contributed by atoms with E-state index in [1.807, 2.05) is 73.6 Å². The molecule has 1 N–H and O–H groups in total. The van der Waals surface area contributed by atoms with Crippen LogP contribution in [0, 0.1) is 5.92 Å². The van der Waals surface area contributed by atoms with E-state index in [4.69, 9.17) is 4.52 Å². The minimum atomic E-state index is -3.34. The molecule has 0 aromatic heterocycles. The van der Waals surface area contributed by atoms with Crippen LogP contribution in [-0.4, -0.2) is 20.7 Å². The van der Waals surface area contributed by atoms with Gasteiger partial charge in [0.25, 0.3) is 7.37 Å². The molecule has 0 saturated carbocycles. The van der Waals surface area contributed by atoms with E-state index in [1.54, 1.807) is 0 Å². The summed E-state index contributed by atoms with van der Waals surface area (Å²) in [6, 6.07) is 26.2. The molecule has 0 amide bonds. The molecular weight excluding hydrogens is 427 g/mol. The second-order valence-electron chi connectivity index (χ2n) is 9.43. The number of nitrogens with one attached hydrogen (secondary N) is 1. The van der Waals surface area contributed by atoms with Crippen molar-refractivity contribution >= 4 is 24.0 Å². The van der Waals surface area contributed by atoms with Crippen LogP contribution >= 0.6 is 7.37 Å². The largest absolute Gasteiger partial charge is 0.378 e. The van der Waals surface area contributed by atoms with Crippen LogP contribution in [0.5, 0.6) is 0 Å². The van der Waals surface area contributed by atoms with Gasteiger partial charge in [-0.1, -0.05) is 70.2 Å². The Morgan fingerprint density at radius 2 is 1.39 bits per heavy atom. The fourth-order valence-electron chi connectivity index (χ4n) is 3.64. The Balaban J connectivity index is 2.11. The average Bonchev–Trinajstić information content (AvgIpc) is 2.82. The lowest BCUT2D eigenvalue weighted by atomic mass is 10.0. The Labute approximate surface area is 199 Å². The topological polar surface area (TPSA) is 41.6 Å². The van der Waals surface area contributed by atoms with Crippen LogP contribution in [0.15, 0.2) is 78.9 Å². The molecule has 5 heteroatoms. The van der Waals surface area contributed by atoms with Gasteiger partial charge in [-0.2, -0.15) is 0 Å². The first-order chi connectivity index (χ1) is 15.7. The van der Waals surface area contributed by atoms with E-state index in [9.17, 15) is 4.57 Å². The highest BCUT2D eigenvalue weighted by molar-refractivity contribution is 7.67. The normalized spacial score (nSPS) is 14.2. The van der Waals surface area contributed by atoms with Crippen LogP contribution in [0.3, 0.4) is 0 Å². The van der Waals surface area contributed by atoms with E-state index in [0.717, 1.165) is 22.2 Å². The van der Waals surface area contributed by atoms with E-state index in [2.05, 4.69) is 57.3 Å². The van der Waals surface area contributed by atoms with E-state index >= 15 is 0 Å². The van der Waals surface area contributed by atoms with Crippen molar-refractivity contribution in [2.24, 2.45) is 5.92 Å². The molecule has 0 unspecified atom stereocenters. The summed E-state index contributed by atoms with van der Waals surface area (Å²) in [6.07, 6.45) is 0. The molecule has 0 radical (unpaired) electrons. The molecule has 4 nitrogen and oxygen atoms in total. The Morgan fingerprint density at radius 3 is 1.91 bits per heavy atom. The minimum absolute atomic E-state index is 0.264. The lowest BCUT2D eigenvalue weighted by Crippen LogP contribution is -2.22. The molecule has 0 fully saturated rings. The first-order valence-corrected chi connectivity index (χ1v) is 13.3. The molecule has 0 saturated heterocycles. The standard InChI is InChI=1S/C28H37N2O2P/c1-21(2)20-32-33(31,27-18-16-26(17-19-27)30(5)6)28(29-25-10-8-7-9-11-25)24-14-12-23(13-15-24)22(3)4/h7-19,21-22,28-29H,20H2,1-6H3/t28-,33+/m0/s1. The molecule has 2 atom stereocenters. The second kappa shape index (κ2) is 11.0. The van der Waals surface area contributed by atoms with Crippen LogP contribution in [0.2, 0.25) is 0 Å². The fourth-order valence-corrected chi connectivity index (χ4v) is 6.20. The molecule has 33 heavy (non-hydrogen) atoms. The highest BCUT2D eigenvalue weighted by atomic mass is 31.2. The summed E-state index contributed by atoms with van der Waals surface area (Å²) in [5, 5.41) is 4.26. The predicted octanol–water partition coefficient (Wildman–Crippen LogP) is 7.26. The first kappa shape index (κ1) is 25.1. The number of nitrogens with zero attached hydrogens (tertiary/aromatic N) is 1. The maximum absolute atomic E-state index is 14.8. The van der Waals surface area contributed by atoms with E-state index in [-0.39, 0.29) is 5.92 Å². The molecule has 3 rings (SSSR count). The highest BCUT2D eigenvalue weighted by Crippen LogP contribution is 2.59. The van der Waals surface area contributed by atoms with Gasteiger partial charge in [0.2, 0.25) is 0 Å². The van der Waals surface area contributed by atoms with Gasteiger partial charge in [-0.05, 0) is 59.4 Å². The third-order valence-electron chi connectivity index (χ3n) is 5.66. The van der Waals surface area contributed by atoms with Gasteiger partial charge >= 0.3 is 0 Å². The van der Waals surface area contributed by atoms with Crippen LogP contribution in [0.4, 0.5) is 11.4 Å². The second-order valence-corrected chi connectivity index (χ2v) is 11.9. The minimum Gasteiger partial charge on any atom is -0.378 e. The lowest BCUT2D eigenvalue weighted by molar-refractivity contribution is 0.272. The number of para-hydroxylation sites is 1. The van der Waals surface area contributed by atoms with Crippen LogP contribution in [0.1, 0.15) is 50.5 Å². The van der Waals surface area contributed by atoms with E-state index in [0.29, 0.717) is 12.5 Å². The zero-order valence-electron chi connectivity index (χ0n) is 20.7. The highest BCUT2D eigenvalue weighted by Gasteiger charge is 2.38. The lowest BCUT2D eigenvalue weighted by Gasteiger charge is -2.31. The van der Waals surface area contributed by atoms with Crippen molar-refractivity contribution in [2.75, 3.05) is 30.9 Å². The van der Waals surface area contributed by atoms with Gasteiger partial charge in [0, 0.05) is 30.8 Å². The maximum atomic E-state index is 14.8. The number of hydrogen-bond acceptors (Lipinski definition) is 4. The molecular formula is C28H37N2O2P. The van der Waals surface area contributed by atoms with Crippen molar-refractivity contribution in [1.82, 2.24) is 0 Å². The summed E-state index contributed by atoms with van der Waals surface area (Å²) < 4.78 is 21.1. The quantitative estimate of drug-likeness (QED) is 0.321. The smallest absolute Gasteiger partial charge is 0.258 e. The Hall–Kier alpha value is -2.55. The third-order valence-corrected chi connectivity index (χ3v) is 8.32. The number of hydrogen-bond donors (Lipinski definition) is 1. The number of rotatable bonds is 10. The number of anilines is 2. The van der Waals surface area contributed by atoms with Crippen LogP contribution in [-0.2, 0) is 9.09 Å². The molecule has 0 aliphatic carbocycles. The third kappa shape index (κ3) is 6.28. The molecule has 0 bridgehead atoms. The van der Waals surface area contributed by atoms with Gasteiger partial charge in [-0.15, -0.1) is 0 Å². The Bertz CT molecular complexity index is 1050. The van der Waals surface area contributed by atoms with Crippen molar-refractivity contribution in [3.05, 3.63) is 90.0 Å². The van der Waals surface area contributed by atoms with Crippen molar-refractivity contribution in [3.63, 3.8) is 0 Å². The van der Waals surface area contributed by atoms with Gasteiger partial charge < -0.3 is 14.7 Å². The summed E-state index contributed by atoms with van der Waals surface area (Å²) in [7, 11) is 0.658. The zero-order valence-corrected chi connectivity index (χ0v) is 21.6. The van der Waals surface area contributed by atoms with Crippen LogP contribution in [0.25, 0.3) is 0 Å². The monoisotopic (exact) mass is 464 g/mol. The summed E-state index contributed by atoms with van der Waals surface area (Å²) in [4.78, 5) is 2.04. The molecule has 0 spiro atoms. The van der Waals surface area contributed by atoms with Crippen molar-refractivity contribution in [3.8, 4) is 0 Å². The number of benzene rings is 3. The first-order valence-electron chi connectivity index (χ1n) is 11.6. The van der Waals surface area contributed by atoms with Gasteiger partial charge in [0.1, 0.15) is 5.78 Å².